The number of alkyl halides is 3. The van der Waals surface area contributed by atoms with Gasteiger partial charge in [0.15, 0.2) is 0 Å². The van der Waals surface area contributed by atoms with E-state index in [1.807, 2.05) is 30.3 Å². The highest BCUT2D eigenvalue weighted by molar-refractivity contribution is 5.27. The lowest BCUT2D eigenvalue weighted by Gasteiger charge is -2.33. The van der Waals surface area contributed by atoms with Crippen LogP contribution in [0.25, 0.3) is 0 Å². The number of hydrogen-bond acceptors (Lipinski definition) is 2. The maximum Gasteiger partial charge on any atom is 0.392 e. The van der Waals surface area contributed by atoms with Crippen LogP contribution in [0.1, 0.15) is 61.6 Å². The van der Waals surface area contributed by atoms with Crippen molar-refractivity contribution in [3.8, 4) is 6.07 Å². The molecule has 1 fully saturated rings. The van der Waals surface area contributed by atoms with Gasteiger partial charge in [0.05, 0.1) is 12.0 Å². The second-order valence-corrected chi connectivity index (χ2v) is 8.65. The Morgan fingerprint density at radius 2 is 1.50 bits per heavy atom. The van der Waals surface area contributed by atoms with E-state index in [2.05, 4.69) is 36.2 Å². The Morgan fingerprint density at radius 1 is 0.906 bits per heavy atom. The zero-order chi connectivity index (χ0) is 23.4. The largest absolute Gasteiger partial charge is 0.392 e. The molecule has 0 aliphatic heterocycles. The van der Waals surface area contributed by atoms with Crippen LogP contribution >= 0.6 is 0 Å². The van der Waals surface area contributed by atoms with E-state index < -0.39 is 12.1 Å². The highest BCUT2D eigenvalue weighted by atomic mass is 19.4. The van der Waals surface area contributed by atoms with Crippen molar-refractivity contribution in [2.75, 3.05) is 20.1 Å². The molecule has 0 N–H and O–H groups in total. The maximum atomic E-state index is 13.4. The van der Waals surface area contributed by atoms with E-state index in [9.17, 15) is 13.2 Å². The maximum absolute atomic E-state index is 13.4. The number of nitriles is 1. The first-order valence-corrected chi connectivity index (χ1v) is 11.5. The molecule has 0 bridgehead atoms. The Balaban J connectivity index is 0.00000114. The summed E-state index contributed by atoms with van der Waals surface area (Å²) in [6.07, 6.45) is 1.48. The fraction of sp³-hybridized carbons (Fsp3) is 0.519. The van der Waals surface area contributed by atoms with Gasteiger partial charge in [0, 0.05) is 13.5 Å². The van der Waals surface area contributed by atoms with Crippen molar-refractivity contribution >= 4 is 0 Å². The molecule has 0 heterocycles. The van der Waals surface area contributed by atoms with Crippen molar-refractivity contribution in [3.63, 3.8) is 0 Å². The SMILES string of the molecule is CC#N.CN(CCCc1ccc(C2CCCCC2C(F)(F)F)cc1)CCc1ccccc1. The quantitative estimate of drug-likeness (QED) is 0.432. The average molecular weight is 445 g/mol. The smallest absolute Gasteiger partial charge is 0.306 e. The van der Waals surface area contributed by atoms with Gasteiger partial charge in [-0.3, -0.25) is 0 Å². The Hall–Kier alpha value is -2.32. The predicted molar refractivity (Wildman–Crippen MR) is 124 cm³/mol. The summed E-state index contributed by atoms with van der Waals surface area (Å²) in [5, 5.41) is 7.32. The fourth-order valence-electron chi connectivity index (χ4n) is 4.48. The standard InChI is InChI=1S/C25H32F3N.C2H3N/c1-29(19-17-20-8-3-2-4-9-20)18-7-10-21-13-15-22(16-14-21)23-11-5-6-12-24(23)25(26,27)28;1-2-3/h2-4,8-9,13-16,23-24H,5-7,10-12,17-19H2,1H3;1H3. The molecule has 5 heteroatoms. The van der Waals surface area contributed by atoms with Gasteiger partial charge in [-0.05, 0) is 68.3 Å². The molecule has 2 atom stereocenters. The summed E-state index contributed by atoms with van der Waals surface area (Å²) in [7, 11) is 2.15. The molecule has 0 amide bonds. The van der Waals surface area contributed by atoms with Gasteiger partial charge < -0.3 is 4.90 Å². The second-order valence-electron chi connectivity index (χ2n) is 8.65. The van der Waals surface area contributed by atoms with E-state index in [1.54, 1.807) is 6.07 Å². The molecule has 3 rings (SSSR count). The van der Waals surface area contributed by atoms with Crippen molar-refractivity contribution in [1.82, 2.24) is 4.90 Å². The molecule has 2 aromatic rings. The molecule has 2 aromatic carbocycles. The topological polar surface area (TPSA) is 27.0 Å². The highest BCUT2D eigenvalue weighted by Gasteiger charge is 2.45. The third-order valence-electron chi connectivity index (χ3n) is 6.22. The summed E-state index contributed by atoms with van der Waals surface area (Å²) in [5.74, 6) is -1.55. The van der Waals surface area contributed by atoms with Crippen molar-refractivity contribution in [1.29, 1.82) is 5.26 Å². The number of hydrogen-bond donors (Lipinski definition) is 0. The molecule has 0 aromatic heterocycles. The number of likely N-dealkylation sites (N-methyl/N-ethyl adjacent to an activating group) is 1. The molecule has 174 valence electrons. The first-order chi connectivity index (χ1) is 15.3. The molecule has 32 heavy (non-hydrogen) atoms. The van der Waals surface area contributed by atoms with E-state index in [1.165, 1.54) is 18.1 Å². The molecule has 2 unspecified atom stereocenters. The van der Waals surface area contributed by atoms with Crippen molar-refractivity contribution in [2.45, 2.75) is 64.0 Å². The van der Waals surface area contributed by atoms with E-state index in [4.69, 9.17) is 5.26 Å². The average Bonchev–Trinajstić information content (AvgIpc) is 2.79. The van der Waals surface area contributed by atoms with Gasteiger partial charge in [0.25, 0.3) is 0 Å². The highest BCUT2D eigenvalue weighted by Crippen LogP contribution is 2.46. The number of rotatable bonds is 8. The van der Waals surface area contributed by atoms with Crippen molar-refractivity contribution in [3.05, 3.63) is 71.3 Å². The van der Waals surface area contributed by atoms with Gasteiger partial charge in [0.1, 0.15) is 0 Å². The van der Waals surface area contributed by atoms with Crippen LogP contribution in [0, 0.1) is 17.2 Å². The first-order valence-electron chi connectivity index (χ1n) is 11.5. The monoisotopic (exact) mass is 444 g/mol. The molecule has 0 saturated heterocycles. The normalized spacial score (nSPS) is 18.5. The molecule has 1 saturated carbocycles. The lowest BCUT2D eigenvalue weighted by atomic mass is 9.75. The second kappa shape index (κ2) is 13.3. The summed E-state index contributed by atoms with van der Waals surface area (Å²) in [6.45, 7) is 3.48. The summed E-state index contributed by atoms with van der Waals surface area (Å²) < 4.78 is 40.1. The minimum absolute atomic E-state index is 0.269. The Morgan fingerprint density at radius 3 is 2.12 bits per heavy atom. The molecule has 1 aliphatic rings. The van der Waals surface area contributed by atoms with E-state index >= 15 is 0 Å². The molecule has 2 nitrogen and oxygen atoms in total. The minimum Gasteiger partial charge on any atom is -0.306 e. The first kappa shape index (κ1) is 25.9. The van der Waals surface area contributed by atoms with Crippen LogP contribution in [0.3, 0.4) is 0 Å². The van der Waals surface area contributed by atoms with Crippen LogP contribution in [0.5, 0.6) is 0 Å². The molecular weight excluding hydrogens is 409 g/mol. The number of halogens is 3. The van der Waals surface area contributed by atoms with E-state index in [0.717, 1.165) is 44.3 Å². The summed E-state index contributed by atoms with van der Waals surface area (Å²) >= 11 is 0. The Labute approximate surface area is 191 Å². The fourth-order valence-corrected chi connectivity index (χ4v) is 4.48. The zero-order valence-corrected chi connectivity index (χ0v) is 19.2. The van der Waals surface area contributed by atoms with Gasteiger partial charge >= 0.3 is 6.18 Å². The third-order valence-corrected chi connectivity index (χ3v) is 6.22. The summed E-state index contributed by atoms with van der Waals surface area (Å²) in [4.78, 5) is 2.34. The summed E-state index contributed by atoms with van der Waals surface area (Å²) in [5.41, 5.74) is 3.43. The lowest BCUT2D eigenvalue weighted by Crippen LogP contribution is -2.31. The number of nitrogens with zero attached hydrogens (tertiary/aromatic N) is 2. The number of benzene rings is 2. The van der Waals surface area contributed by atoms with Crippen LogP contribution in [0.2, 0.25) is 0 Å². The van der Waals surface area contributed by atoms with E-state index in [-0.39, 0.29) is 12.3 Å². The Kier molecular flexibility index (Phi) is 10.8. The predicted octanol–water partition coefficient (Wildman–Crippen LogP) is 7.16. The van der Waals surface area contributed by atoms with Gasteiger partial charge in [-0.2, -0.15) is 18.4 Å². The van der Waals surface area contributed by atoms with Gasteiger partial charge in [-0.1, -0.05) is 67.4 Å². The Bertz CT molecular complexity index is 810. The number of aryl methyl sites for hydroxylation is 1. The minimum atomic E-state index is -4.09. The van der Waals surface area contributed by atoms with Crippen molar-refractivity contribution < 1.29 is 13.2 Å². The van der Waals surface area contributed by atoms with E-state index in [0.29, 0.717) is 12.8 Å². The summed E-state index contributed by atoms with van der Waals surface area (Å²) in [6, 6.07) is 20.2. The third kappa shape index (κ3) is 8.67. The van der Waals surface area contributed by atoms with Crippen LogP contribution < -0.4 is 0 Å². The van der Waals surface area contributed by atoms with Crippen LogP contribution in [0.4, 0.5) is 13.2 Å². The van der Waals surface area contributed by atoms with Gasteiger partial charge in [0.2, 0.25) is 0 Å². The molecule has 0 radical (unpaired) electrons. The van der Waals surface area contributed by atoms with Crippen LogP contribution in [-0.2, 0) is 12.8 Å². The van der Waals surface area contributed by atoms with Gasteiger partial charge in [-0.25, -0.2) is 0 Å². The van der Waals surface area contributed by atoms with Crippen LogP contribution in [0.15, 0.2) is 54.6 Å². The lowest BCUT2D eigenvalue weighted by molar-refractivity contribution is -0.187. The van der Waals surface area contributed by atoms with Gasteiger partial charge in [-0.15, -0.1) is 0 Å². The molecular formula is C27H35F3N2. The molecule has 0 spiro atoms. The molecule has 1 aliphatic carbocycles. The van der Waals surface area contributed by atoms with Crippen LogP contribution in [-0.4, -0.2) is 31.2 Å². The van der Waals surface area contributed by atoms with Crippen molar-refractivity contribution in [2.24, 2.45) is 5.92 Å². The zero-order valence-electron chi connectivity index (χ0n) is 19.2.